The summed E-state index contributed by atoms with van der Waals surface area (Å²) in [7, 11) is 0. The molecule has 0 saturated heterocycles. The van der Waals surface area contributed by atoms with E-state index >= 15 is 0 Å². The number of hydrogen-bond donors (Lipinski definition) is 2. The number of nitrogens with one attached hydrogen (secondary N) is 2. The number of nitrogens with zero attached hydrogens (tertiary/aromatic N) is 2. The van der Waals surface area contributed by atoms with E-state index in [0.29, 0.717) is 31.1 Å². The highest BCUT2D eigenvalue weighted by atomic mass is 16.2. The van der Waals surface area contributed by atoms with Crippen molar-refractivity contribution in [1.29, 1.82) is 0 Å². The van der Waals surface area contributed by atoms with Gasteiger partial charge in [-0.05, 0) is 30.7 Å². The first-order valence-electron chi connectivity index (χ1n) is 9.22. The maximum atomic E-state index is 12.7. The molecule has 7 heteroatoms. The summed E-state index contributed by atoms with van der Waals surface area (Å²) in [5.41, 5.74) is 0.161. The van der Waals surface area contributed by atoms with Gasteiger partial charge in [0.05, 0.1) is 10.9 Å². The molecule has 2 aromatic rings. The largest absolute Gasteiger partial charge is 0.352 e. The standard InChI is InChI=1S/C19H28N4O3/c1-6-9-23-16-15(18(25)22-19(23)26)13(10-14(21-16)12(4)5)17(24)20-8-7-11(2)3/h10-12H,6-9H2,1-5H3,(H,20,24)(H,22,25,26). The van der Waals surface area contributed by atoms with Crippen molar-refractivity contribution < 1.29 is 4.79 Å². The molecular weight excluding hydrogens is 332 g/mol. The van der Waals surface area contributed by atoms with E-state index in [1.807, 2.05) is 20.8 Å². The second-order valence-electron chi connectivity index (χ2n) is 7.30. The summed E-state index contributed by atoms with van der Waals surface area (Å²) >= 11 is 0. The lowest BCUT2D eigenvalue weighted by molar-refractivity contribution is 0.0953. The zero-order valence-corrected chi connectivity index (χ0v) is 16.2. The Morgan fingerprint density at radius 2 is 1.96 bits per heavy atom. The first-order chi connectivity index (χ1) is 12.3. The van der Waals surface area contributed by atoms with Gasteiger partial charge in [0.2, 0.25) is 0 Å². The van der Waals surface area contributed by atoms with E-state index in [2.05, 4.69) is 29.1 Å². The molecule has 2 N–H and O–H groups in total. The fourth-order valence-corrected chi connectivity index (χ4v) is 2.77. The van der Waals surface area contributed by atoms with Crippen molar-refractivity contribution in [2.24, 2.45) is 5.92 Å². The number of aryl methyl sites for hydroxylation is 1. The fourth-order valence-electron chi connectivity index (χ4n) is 2.77. The van der Waals surface area contributed by atoms with Crippen molar-refractivity contribution in [2.45, 2.75) is 59.9 Å². The number of fused-ring (bicyclic) bond motifs is 1. The average Bonchev–Trinajstić information content (AvgIpc) is 2.56. The zero-order chi connectivity index (χ0) is 19.4. The van der Waals surface area contributed by atoms with Gasteiger partial charge < -0.3 is 5.32 Å². The molecule has 0 unspecified atom stereocenters. The highest BCUT2D eigenvalue weighted by molar-refractivity contribution is 6.05. The number of carbonyl (C=O) groups is 1. The van der Waals surface area contributed by atoms with Gasteiger partial charge in [0, 0.05) is 18.8 Å². The number of aromatic nitrogens is 3. The second-order valence-corrected chi connectivity index (χ2v) is 7.30. The maximum absolute atomic E-state index is 12.7. The first kappa shape index (κ1) is 19.9. The van der Waals surface area contributed by atoms with Gasteiger partial charge in [-0.1, -0.05) is 34.6 Å². The summed E-state index contributed by atoms with van der Waals surface area (Å²) in [4.78, 5) is 44.3. The van der Waals surface area contributed by atoms with Gasteiger partial charge in [-0.15, -0.1) is 0 Å². The molecule has 26 heavy (non-hydrogen) atoms. The van der Waals surface area contributed by atoms with Crippen LogP contribution in [0.1, 0.15) is 69.4 Å². The third-order valence-electron chi connectivity index (χ3n) is 4.26. The van der Waals surface area contributed by atoms with E-state index in [9.17, 15) is 14.4 Å². The predicted molar refractivity (Wildman–Crippen MR) is 103 cm³/mol. The van der Waals surface area contributed by atoms with Crippen molar-refractivity contribution in [2.75, 3.05) is 6.54 Å². The number of rotatable bonds is 7. The molecule has 0 aliphatic carbocycles. The Balaban J connectivity index is 2.68. The zero-order valence-electron chi connectivity index (χ0n) is 16.2. The van der Waals surface area contributed by atoms with Gasteiger partial charge in [-0.25, -0.2) is 9.78 Å². The van der Waals surface area contributed by atoms with Crippen molar-refractivity contribution in [3.05, 3.63) is 38.2 Å². The van der Waals surface area contributed by atoms with Crippen LogP contribution in [0.3, 0.4) is 0 Å². The van der Waals surface area contributed by atoms with E-state index in [1.54, 1.807) is 6.07 Å². The Morgan fingerprint density at radius 3 is 2.54 bits per heavy atom. The SMILES string of the molecule is CCCn1c(=O)[nH]c(=O)c2c(C(=O)NCCC(C)C)cc(C(C)C)nc21. The summed E-state index contributed by atoms with van der Waals surface area (Å²) in [6.07, 6.45) is 1.56. The number of aromatic amines is 1. The molecule has 7 nitrogen and oxygen atoms in total. The third kappa shape index (κ3) is 4.20. The van der Waals surface area contributed by atoms with Crippen LogP contribution in [0.25, 0.3) is 11.0 Å². The van der Waals surface area contributed by atoms with Crippen LogP contribution in [0.15, 0.2) is 15.7 Å². The molecular formula is C19H28N4O3. The van der Waals surface area contributed by atoms with E-state index in [-0.39, 0.29) is 28.4 Å². The number of hydrogen-bond acceptors (Lipinski definition) is 4. The summed E-state index contributed by atoms with van der Waals surface area (Å²) < 4.78 is 1.44. The van der Waals surface area contributed by atoms with Crippen LogP contribution in [-0.2, 0) is 6.54 Å². The molecule has 0 spiro atoms. The highest BCUT2D eigenvalue weighted by Crippen LogP contribution is 2.20. The van der Waals surface area contributed by atoms with E-state index < -0.39 is 11.2 Å². The molecule has 0 aliphatic rings. The van der Waals surface area contributed by atoms with E-state index in [4.69, 9.17) is 0 Å². The number of H-pyrrole nitrogens is 1. The molecule has 0 aromatic carbocycles. The molecule has 142 valence electrons. The van der Waals surface area contributed by atoms with Gasteiger partial charge in [-0.2, -0.15) is 0 Å². The van der Waals surface area contributed by atoms with Crippen LogP contribution in [-0.4, -0.2) is 27.0 Å². The predicted octanol–water partition coefficient (Wildman–Crippen LogP) is 2.39. The first-order valence-corrected chi connectivity index (χ1v) is 9.22. The Bertz CT molecular complexity index is 909. The average molecular weight is 360 g/mol. The highest BCUT2D eigenvalue weighted by Gasteiger charge is 2.20. The third-order valence-corrected chi connectivity index (χ3v) is 4.26. The quantitative estimate of drug-likeness (QED) is 0.792. The molecule has 0 saturated carbocycles. The Hall–Kier alpha value is -2.44. The van der Waals surface area contributed by atoms with E-state index in [0.717, 1.165) is 6.42 Å². The number of carbonyl (C=O) groups excluding carboxylic acids is 1. The lowest BCUT2D eigenvalue weighted by Crippen LogP contribution is -2.34. The molecule has 0 aliphatic heterocycles. The Morgan fingerprint density at radius 1 is 1.27 bits per heavy atom. The minimum atomic E-state index is -0.575. The van der Waals surface area contributed by atoms with Crippen LogP contribution in [0.2, 0.25) is 0 Å². The summed E-state index contributed by atoms with van der Waals surface area (Å²) in [6.45, 7) is 11.0. The number of pyridine rings is 1. The molecule has 0 bridgehead atoms. The molecule has 0 fully saturated rings. The van der Waals surface area contributed by atoms with Gasteiger partial charge in [0.1, 0.15) is 0 Å². The smallest absolute Gasteiger partial charge is 0.329 e. The summed E-state index contributed by atoms with van der Waals surface area (Å²) in [6, 6.07) is 1.66. The van der Waals surface area contributed by atoms with Crippen LogP contribution in [0, 0.1) is 5.92 Å². The topological polar surface area (TPSA) is 96.9 Å². The van der Waals surface area contributed by atoms with Crippen LogP contribution in [0.5, 0.6) is 0 Å². The Labute approximate surface area is 152 Å². The summed E-state index contributed by atoms with van der Waals surface area (Å²) in [5, 5.41) is 3.05. The van der Waals surface area contributed by atoms with Gasteiger partial charge in [0.15, 0.2) is 5.65 Å². The second kappa shape index (κ2) is 8.29. The summed E-state index contributed by atoms with van der Waals surface area (Å²) in [5.74, 6) is 0.215. The maximum Gasteiger partial charge on any atom is 0.329 e. The van der Waals surface area contributed by atoms with Crippen LogP contribution < -0.4 is 16.6 Å². The molecule has 2 heterocycles. The van der Waals surface area contributed by atoms with Crippen molar-refractivity contribution in [3.63, 3.8) is 0 Å². The molecule has 1 amide bonds. The Kier molecular flexibility index (Phi) is 6.34. The molecule has 0 radical (unpaired) electrons. The van der Waals surface area contributed by atoms with Crippen molar-refractivity contribution >= 4 is 16.9 Å². The minimum absolute atomic E-state index is 0.0612. The van der Waals surface area contributed by atoms with Crippen LogP contribution in [0.4, 0.5) is 0 Å². The van der Waals surface area contributed by atoms with Crippen LogP contribution >= 0.6 is 0 Å². The van der Waals surface area contributed by atoms with Gasteiger partial charge >= 0.3 is 5.69 Å². The molecule has 2 aromatic heterocycles. The van der Waals surface area contributed by atoms with Crippen molar-refractivity contribution in [1.82, 2.24) is 19.9 Å². The normalized spacial score (nSPS) is 11.5. The lowest BCUT2D eigenvalue weighted by Gasteiger charge is -2.14. The number of amides is 1. The lowest BCUT2D eigenvalue weighted by atomic mass is 10.0. The van der Waals surface area contributed by atoms with E-state index in [1.165, 1.54) is 4.57 Å². The molecule has 2 rings (SSSR count). The van der Waals surface area contributed by atoms with Crippen molar-refractivity contribution in [3.8, 4) is 0 Å². The fraction of sp³-hybridized carbons (Fsp3) is 0.579. The monoisotopic (exact) mass is 360 g/mol. The van der Waals surface area contributed by atoms with Gasteiger partial charge in [0.25, 0.3) is 11.5 Å². The molecule has 0 atom stereocenters. The van der Waals surface area contributed by atoms with Gasteiger partial charge in [-0.3, -0.25) is 19.1 Å². The minimum Gasteiger partial charge on any atom is -0.352 e.